The molecule has 1 aromatic rings. The van der Waals surface area contributed by atoms with E-state index >= 15 is 0 Å². The molecular weight excluding hydrogens is 204 g/mol. The minimum absolute atomic E-state index is 0.0883. The fourth-order valence-corrected chi connectivity index (χ4v) is 1.36. The number of nitriles is 1. The summed E-state index contributed by atoms with van der Waals surface area (Å²) in [6.07, 6.45) is 1.57. The molecule has 1 rings (SSSR count). The minimum atomic E-state index is -0.0883. The molecule has 0 fully saturated rings. The van der Waals surface area contributed by atoms with Crippen LogP contribution in [0.1, 0.15) is 12.6 Å². The van der Waals surface area contributed by atoms with Crippen molar-refractivity contribution >= 4 is 11.6 Å². The third kappa shape index (κ3) is 2.70. The van der Waals surface area contributed by atoms with Gasteiger partial charge in [-0.1, -0.05) is 0 Å². The first-order valence-corrected chi connectivity index (χ1v) is 5.03. The highest BCUT2D eigenvalue weighted by molar-refractivity contribution is 5.81. The number of aromatic nitrogens is 1. The molecule has 0 spiro atoms. The van der Waals surface area contributed by atoms with Crippen LogP contribution in [0, 0.1) is 11.3 Å². The molecule has 5 nitrogen and oxygen atoms in total. The molecule has 1 amide bonds. The Balaban J connectivity index is 2.95. The van der Waals surface area contributed by atoms with Crippen molar-refractivity contribution < 1.29 is 4.79 Å². The molecule has 0 aliphatic heterocycles. The largest absolute Gasteiger partial charge is 0.360 e. The van der Waals surface area contributed by atoms with E-state index in [1.807, 2.05) is 17.9 Å². The maximum atomic E-state index is 11.3. The molecule has 0 bridgehead atoms. The summed E-state index contributed by atoms with van der Waals surface area (Å²) in [5.41, 5.74) is 1.03. The highest BCUT2D eigenvalue weighted by Crippen LogP contribution is 2.16. The number of nitrogens with zero attached hydrogens (tertiary/aromatic N) is 3. The Morgan fingerprint density at radius 1 is 1.69 bits per heavy atom. The fourth-order valence-electron chi connectivity index (χ4n) is 1.36. The van der Waals surface area contributed by atoms with Crippen LogP contribution >= 0.6 is 0 Å². The van der Waals surface area contributed by atoms with Crippen molar-refractivity contribution in [1.82, 2.24) is 10.3 Å². The summed E-state index contributed by atoms with van der Waals surface area (Å²) in [7, 11) is 1.59. The summed E-state index contributed by atoms with van der Waals surface area (Å²) in [5.74, 6) is -0.0883. The summed E-state index contributed by atoms with van der Waals surface area (Å²) >= 11 is 0. The number of pyridine rings is 1. The molecule has 0 unspecified atom stereocenters. The first-order chi connectivity index (χ1) is 7.72. The summed E-state index contributed by atoms with van der Waals surface area (Å²) < 4.78 is 0. The normalized spacial score (nSPS) is 9.31. The van der Waals surface area contributed by atoms with Gasteiger partial charge in [-0.2, -0.15) is 5.26 Å². The monoisotopic (exact) mass is 218 g/mol. The molecule has 1 N–H and O–H groups in total. The van der Waals surface area contributed by atoms with E-state index in [-0.39, 0.29) is 12.5 Å². The van der Waals surface area contributed by atoms with Gasteiger partial charge in [0, 0.05) is 19.8 Å². The number of hydrogen-bond donors (Lipinski definition) is 1. The average Bonchev–Trinajstić information content (AvgIpc) is 2.35. The van der Waals surface area contributed by atoms with Crippen molar-refractivity contribution in [2.45, 2.75) is 6.92 Å². The van der Waals surface area contributed by atoms with Crippen LogP contribution in [-0.4, -0.2) is 31.0 Å². The van der Waals surface area contributed by atoms with Crippen LogP contribution in [0.4, 0.5) is 5.69 Å². The highest BCUT2D eigenvalue weighted by Gasteiger charge is 2.12. The SMILES string of the molecule is CCN(CC(=O)NC)c1cccnc1C#N. The average molecular weight is 218 g/mol. The summed E-state index contributed by atoms with van der Waals surface area (Å²) in [5, 5.41) is 11.5. The smallest absolute Gasteiger partial charge is 0.239 e. The molecule has 5 heteroatoms. The summed E-state index contributed by atoms with van der Waals surface area (Å²) in [6.45, 7) is 2.80. The van der Waals surface area contributed by atoms with Gasteiger partial charge in [0.25, 0.3) is 0 Å². The zero-order chi connectivity index (χ0) is 12.0. The van der Waals surface area contributed by atoms with E-state index in [2.05, 4.69) is 10.3 Å². The van der Waals surface area contributed by atoms with Gasteiger partial charge in [-0.05, 0) is 19.1 Å². The van der Waals surface area contributed by atoms with Gasteiger partial charge in [-0.3, -0.25) is 4.79 Å². The van der Waals surface area contributed by atoms with Crippen molar-refractivity contribution in [3.8, 4) is 6.07 Å². The lowest BCUT2D eigenvalue weighted by atomic mass is 10.2. The molecule has 0 saturated heterocycles. The van der Waals surface area contributed by atoms with Gasteiger partial charge in [0.2, 0.25) is 5.91 Å². The van der Waals surface area contributed by atoms with Gasteiger partial charge in [-0.15, -0.1) is 0 Å². The predicted molar refractivity (Wildman–Crippen MR) is 60.9 cm³/mol. The van der Waals surface area contributed by atoms with Crippen molar-refractivity contribution in [3.05, 3.63) is 24.0 Å². The Hall–Kier alpha value is -2.09. The number of amides is 1. The van der Waals surface area contributed by atoms with E-state index in [1.54, 1.807) is 25.4 Å². The van der Waals surface area contributed by atoms with Gasteiger partial charge >= 0.3 is 0 Å². The van der Waals surface area contributed by atoms with E-state index in [0.717, 1.165) is 0 Å². The quantitative estimate of drug-likeness (QED) is 0.800. The van der Waals surface area contributed by atoms with Crippen molar-refractivity contribution in [2.75, 3.05) is 25.0 Å². The van der Waals surface area contributed by atoms with E-state index < -0.39 is 0 Å². The van der Waals surface area contributed by atoms with Crippen LogP contribution in [0.5, 0.6) is 0 Å². The maximum absolute atomic E-state index is 11.3. The first kappa shape index (κ1) is 12.0. The molecule has 1 heterocycles. The Morgan fingerprint density at radius 2 is 2.44 bits per heavy atom. The lowest BCUT2D eigenvalue weighted by molar-refractivity contribution is -0.119. The lowest BCUT2D eigenvalue weighted by Gasteiger charge is -2.22. The molecule has 84 valence electrons. The molecule has 0 aliphatic rings. The van der Waals surface area contributed by atoms with E-state index in [1.165, 1.54) is 0 Å². The van der Waals surface area contributed by atoms with E-state index in [4.69, 9.17) is 5.26 Å². The standard InChI is InChI=1S/C11H14N4O/c1-3-15(8-11(16)13-2)10-5-4-6-14-9(10)7-12/h4-6H,3,8H2,1-2H3,(H,13,16). The third-order valence-electron chi connectivity index (χ3n) is 2.23. The first-order valence-electron chi connectivity index (χ1n) is 5.03. The number of rotatable bonds is 4. The molecule has 0 aromatic carbocycles. The zero-order valence-corrected chi connectivity index (χ0v) is 9.40. The Kier molecular flexibility index (Phi) is 4.28. The highest BCUT2D eigenvalue weighted by atomic mass is 16.1. The van der Waals surface area contributed by atoms with E-state index in [0.29, 0.717) is 17.9 Å². The topological polar surface area (TPSA) is 69.0 Å². The summed E-state index contributed by atoms with van der Waals surface area (Å²) in [6, 6.07) is 5.56. The van der Waals surface area contributed by atoms with Gasteiger partial charge in [0.15, 0.2) is 5.69 Å². The number of hydrogen-bond acceptors (Lipinski definition) is 4. The molecular formula is C11H14N4O. The number of nitrogens with one attached hydrogen (secondary N) is 1. The molecule has 16 heavy (non-hydrogen) atoms. The summed E-state index contributed by atoms with van der Waals surface area (Å²) in [4.78, 5) is 17.1. The molecule has 0 aliphatic carbocycles. The van der Waals surface area contributed by atoms with E-state index in [9.17, 15) is 4.79 Å². The second kappa shape index (κ2) is 5.71. The zero-order valence-electron chi connectivity index (χ0n) is 9.40. The fraction of sp³-hybridized carbons (Fsp3) is 0.364. The maximum Gasteiger partial charge on any atom is 0.239 e. The van der Waals surface area contributed by atoms with Crippen molar-refractivity contribution in [1.29, 1.82) is 5.26 Å². The van der Waals surface area contributed by atoms with Crippen LogP contribution in [0.25, 0.3) is 0 Å². The van der Waals surface area contributed by atoms with Crippen LogP contribution in [-0.2, 0) is 4.79 Å². The van der Waals surface area contributed by atoms with Crippen LogP contribution < -0.4 is 10.2 Å². The van der Waals surface area contributed by atoms with Crippen molar-refractivity contribution in [3.63, 3.8) is 0 Å². The van der Waals surface area contributed by atoms with Crippen LogP contribution in [0.15, 0.2) is 18.3 Å². The van der Waals surface area contributed by atoms with Gasteiger partial charge < -0.3 is 10.2 Å². The van der Waals surface area contributed by atoms with Gasteiger partial charge in [0.05, 0.1) is 12.2 Å². The minimum Gasteiger partial charge on any atom is -0.360 e. The second-order valence-electron chi connectivity index (χ2n) is 3.17. The van der Waals surface area contributed by atoms with Crippen LogP contribution in [0.2, 0.25) is 0 Å². The molecule has 0 saturated carbocycles. The predicted octanol–water partition coefficient (Wildman–Crippen LogP) is 0.526. The second-order valence-corrected chi connectivity index (χ2v) is 3.17. The molecule has 0 radical (unpaired) electrons. The molecule has 0 atom stereocenters. The number of likely N-dealkylation sites (N-methyl/N-ethyl adjacent to an activating group) is 2. The third-order valence-corrected chi connectivity index (χ3v) is 2.23. The van der Waals surface area contributed by atoms with Gasteiger partial charge in [-0.25, -0.2) is 4.98 Å². The number of carbonyl (C=O) groups excluding carboxylic acids is 1. The Bertz CT molecular complexity index is 411. The van der Waals surface area contributed by atoms with Crippen molar-refractivity contribution in [2.24, 2.45) is 0 Å². The number of anilines is 1. The number of carbonyl (C=O) groups is 1. The molecule has 1 aromatic heterocycles. The van der Waals surface area contributed by atoms with Gasteiger partial charge in [0.1, 0.15) is 6.07 Å². The Morgan fingerprint density at radius 3 is 3.00 bits per heavy atom. The van der Waals surface area contributed by atoms with Crippen LogP contribution in [0.3, 0.4) is 0 Å². The lowest BCUT2D eigenvalue weighted by Crippen LogP contribution is -2.36. The Labute approximate surface area is 94.7 Å².